The van der Waals surface area contributed by atoms with Gasteiger partial charge in [-0.3, -0.25) is 9.36 Å². The lowest BCUT2D eigenvalue weighted by molar-refractivity contribution is -0.0462. The fraction of sp³-hybridized carbons (Fsp3) is 0.250. The number of halogens is 2. The summed E-state index contributed by atoms with van der Waals surface area (Å²) in [6.45, 7) is -2.24. The predicted octanol–water partition coefficient (Wildman–Crippen LogP) is 0.625. The lowest BCUT2D eigenvalue weighted by Gasteiger charge is -2.13. The molecule has 0 aliphatic rings. The first-order chi connectivity index (χ1) is 9.52. The van der Waals surface area contributed by atoms with Gasteiger partial charge in [-0.15, -0.1) is 0 Å². The number of aromatic nitrogens is 3. The maximum absolute atomic E-state index is 12.8. The molecule has 0 fully saturated rings. The van der Waals surface area contributed by atoms with Crippen molar-refractivity contribution in [2.24, 2.45) is 0 Å². The summed E-state index contributed by atoms with van der Waals surface area (Å²) < 4.78 is 27.2. The topological polar surface area (TPSA) is 80.0 Å². The molecular weight excluding hydrogens is 270 g/mol. The summed E-state index contributed by atoms with van der Waals surface area (Å²) in [6.07, 6.45) is 6.09. The molecule has 2 aromatic rings. The van der Waals surface area contributed by atoms with Crippen molar-refractivity contribution in [3.05, 3.63) is 42.6 Å². The van der Waals surface area contributed by atoms with E-state index in [1.165, 1.54) is 12.3 Å². The van der Waals surface area contributed by atoms with Crippen molar-refractivity contribution in [2.75, 3.05) is 13.2 Å². The summed E-state index contributed by atoms with van der Waals surface area (Å²) in [5.74, 6) is -3.46. The number of nitrogens with zero attached hydrogens (tertiary/aromatic N) is 3. The predicted molar refractivity (Wildman–Crippen MR) is 65.7 cm³/mol. The molecule has 2 heterocycles. The van der Waals surface area contributed by atoms with Crippen LogP contribution >= 0.6 is 0 Å². The first-order valence-electron chi connectivity index (χ1n) is 5.73. The van der Waals surface area contributed by atoms with Crippen LogP contribution in [0, 0.1) is 0 Å². The van der Waals surface area contributed by atoms with Crippen LogP contribution in [0.5, 0.6) is 0 Å². The molecule has 106 valence electrons. The van der Waals surface area contributed by atoms with E-state index in [1.54, 1.807) is 29.4 Å². The minimum absolute atomic E-state index is 0.155. The molecule has 8 heteroatoms. The molecule has 6 nitrogen and oxygen atoms in total. The molecular formula is C12H12F2N4O2. The van der Waals surface area contributed by atoms with E-state index < -0.39 is 25.0 Å². The van der Waals surface area contributed by atoms with Crippen molar-refractivity contribution in [1.29, 1.82) is 0 Å². The molecule has 0 radical (unpaired) electrons. The van der Waals surface area contributed by atoms with Gasteiger partial charge in [-0.1, -0.05) is 0 Å². The Morgan fingerprint density at radius 1 is 1.45 bits per heavy atom. The van der Waals surface area contributed by atoms with E-state index in [0.717, 1.165) is 0 Å². The lowest BCUT2D eigenvalue weighted by atomic mass is 10.2. The van der Waals surface area contributed by atoms with Crippen molar-refractivity contribution >= 4 is 5.91 Å². The number of carbonyl (C=O) groups is 1. The number of carbonyl (C=O) groups excluding carboxylic acids is 1. The second-order valence-corrected chi connectivity index (χ2v) is 4.07. The Balaban J connectivity index is 2.01. The molecule has 2 N–H and O–H groups in total. The van der Waals surface area contributed by atoms with Crippen LogP contribution in [0.15, 0.2) is 37.1 Å². The van der Waals surface area contributed by atoms with Gasteiger partial charge in [-0.2, -0.15) is 0 Å². The van der Waals surface area contributed by atoms with Crippen molar-refractivity contribution < 1.29 is 18.7 Å². The Morgan fingerprint density at radius 2 is 2.25 bits per heavy atom. The Labute approximate surface area is 113 Å². The summed E-state index contributed by atoms with van der Waals surface area (Å²) in [4.78, 5) is 19.5. The number of aliphatic hydroxyl groups is 1. The molecule has 1 amide bonds. The normalized spacial score (nSPS) is 11.3. The van der Waals surface area contributed by atoms with Gasteiger partial charge in [-0.25, -0.2) is 18.7 Å². The molecule has 0 spiro atoms. The van der Waals surface area contributed by atoms with Crippen molar-refractivity contribution in [3.63, 3.8) is 0 Å². The number of pyridine rings is 1. The monoisotopic (exact) mass is 282 g/mol. The van der Waals surface area contributed by atoms with Crippen molar-refractivity contribution in [2.45, 2.75) is 5.92 Å². The van der Waals surface area contributed by atoms with Gasteiger partial charge < -0.3 is 10.4 Å². The van der Waals surface area contributed by atoms with Crippen LogP contribution in [0.3, 0.4) is 0 Å². The van der Waals surface area contributed by atoms with Gasteiger partial charge in [0.05, 0.1) is 12.1 Å². The number of aliphatic hydroxyl groups excluding tert-OH is 1. The number of imidazole rings is 1. The third-order valence-corrected chi connectivity index (χ3v) is 2.52. The maximum atomic E-state index is 12.8. The average Bonchev–Trinajstić information content (AvgIpc) is 2.99. The standard InChI is InChI=1S/C12H12F2N4O2/c13-12(14,7-19)6-17-11(20)9-1-2-10(16-5-9)18-4-3-15-8-18/h1-5,8,19H,6-7H2,(H,17,20). The number of hydrogen-bond donors (Lipinski definition) is 2. The van der Waals surface area contributed by atoms with Gasteiger partial charge in [0.15, 0.2) is 0 Å². The van der Waals surface area contributed by atoms with Crippen LogP contribution in [0.2, 0.25) is 0 Å². The van der Waals surface area contributed by atoms with E-state index >= 15 is 0 Å². The molecule has 2 aromatic heterocycles. The van der Waals surface area contributed by atoms with Gasteiger partial charge in [0.25, 0.3) is 11.8 Å². The third-order valence-electron chi connectivity index (χ3n) is 2.52. The Kier molecular flexibility index (Phi) is 4.04. The number of nitrogens with one attached hydrogen (secondary N) is 1. The van der Waals surface area contributed by atoms with Crippen LogP contribution in [0.25, 0.3) is 5.82 Å². The highest BCUT2D eigenvalue weighted by atomic mass is 19.3. The lowest BCUT2D eigenvalue weighted by Crippen LogP contribution is -2.39. The zero-order chi connectivity index (χ0) is 14.6. The Hall–Kier alpha value is -2.35. The molecule has 0 unspecified atom stereocenters. The van der Waals surface area contributed by atoms with E-state index in [9.17, 15) is 13.6 Å². The van der Waals surface area contributed by atoms with E-state index in [4.69, 9.17) is 5.11 Å². The third kappa shape index (κ3) is 3.35. The van der Waals surface area contributed by atoms with Crippen molar-refractivity contribution in [3.8, 4) is 5.82 Å². The van der Waals surface area contributed by atoms with Gasteiger partial charge in [0.2, 0.25) is 0 Å². The van der Waals surface area contributed by atoms with Crippen LogP contribution in [0.4, 0.5) is 8.78 Å². The van der Waals surface area contributed by atoms with E-state index in [2.05, 4.69) is 9.97 Å². The summed E-state index contributed by atoms with van der Waals surface area (Å²) in [5, 5.41) is 10.4. The molecule has 2 rings (SSSR count). The highest BCUT2D eigenvalue weighted by molar-refractivity contribution is 5.93. The summed E-state index contributed by atoms with van der Waals surface area (Å²) in [7, 11) is 0. The number of alkyl halides is 2. The first kappa shape index (κ1) is 14.1. The highest BCUT2D eigenvalue weighted by Crippen LogP contribution is 2.10. The average molecular weight is 282 g/mol. The Morgan fingerprint density at radius 3 is 2.80 bits per heavy atom. The summed E-state index contributed by atoms with van der Waals surface area (Å²) in [5.41, 5.74) is 0.155. The van der Waals surface area contributed by atoms with Crippen LogP contribution in [-0.4, -0.2) is 44.6 Å². The molecule has 0 bridgehead atoms. The van der Waals surface area contributed by atoms with Gasteiger partial charge in [0.1, 0.15) is 18.8 Å². The fourth-order valence-corrected chi connectivity index (χ4v) is 1.44. The van der Waals surface area contributed by atoms with Gasteiger partial charge in [0, 0.05) is 18.6 Å². The van der Waals surface area contributed by atoms with Crippen LogP contribution < -0.4 is 5.32 Å². The summed E-state index contributed by atoms with van der Waals surface area (Å²) >= 11 is 0. The SMILES string of the molecule is O=C(NCC(F)(F)CO)c1ccc(-n2ccnc2)nc1. The number of hydrogen-bond acceptors (Lipinski definition) is 4. The fourth-order valence-electron chi connectivity index (χ4n) is 1.44. The second kappa shape index (κ2) is 5.74. The molecule has 0 saturated heterocycles. The summed E-state index contributed by atoms with van der Waals surface area (Å²) in [6, 6.07) is 3.04. The smallest absolute Gasteiger partial charge is 0.287 e. The second-order valence-electron chi connectivity index (χ2n) is 4.07. The van der Waals surface area contributed by atoms with Crippen LogP contribution in [-0.2, 0) is 0 Å². The quantitative estimate of drug-likeness (QED) is 0.842. The van der Waals surface area contributed by atoms with Crippen LogP contribution in [0.1, 0.15) is 10.4 Å². The number of amides is 1. The molecule has 0 saturated carbocycles. The highest BCUT2D eigenvalue weighted by Gasteiger charge is 2.28. The van der Waals surface area contributed by atoms with Crippen molar-refractivity contribution in [1.82, 2.24) is 19.9 Å². The zero-order valence-electron chi connectivity index (χ0n) is 10.3. The molecule has 0 atom stereocenters. The minimum Gasteiger partial charge on any atom is -0.390 e. The minimum atomic E-state index is -3.33. The number of rotatable bonds is 5. The van der Waals surface area contributed by atoms with Gasteiger partial charge in [-0.05, 0) is 12.1 Å². The van der Waals surface area contributed by atoms with Gasteiger partial charge >= 0.3 is 0 Å². The van der Waals surface area contributed by atoms with E-state index in [1.807, 2.05) is 5.32 Å². The maximum Gasteiger partial charge on any atom is 0.287 e. The molecule has 20 heavy (non-hydrogen) atoms. The molecule has 0 aliphatic heterocycles. The molecule has 0 aromatic carbocycles. The Bertz CT molecular complexity index is 570. The zero-order valence-corrected chi connectivity index (χ0v) is 10.3. The largest absolute Gasteiger partial charge is 0.390 e. The molecule has 0 aliphatic carbocycles. The van der Waals surface area contributed by atoms with E-state index in [-0.39, 0.29) is 5.56 Å². The van der Waals surface area contributed by atoms with E-state index in [0.29, 0.717) is 5.82 Å². The first-order valence-corrected chi connectivity index (χ1v) is 5.73.